The largest absolute Gasteiger partial charge is 0.368 e. The number of primary amides is 1. The SMILES string of the molecule is CC1CCN(CC(C)(N)C(N)=O)C1. The Morgan fingerprint density at radius 3 is 2.69 bits per heavy atom. The number of carbonyl (C=O) groups excluding carboxylic acids is 1. The van der Waals surface area contributed by atoms with Gasteiger partial charge in [-0.05, 0) is 25.8 Å². The maximum absolute atomic E-state index is 11.0. The second-order valence-corrected chi connectivity index (χ2v) is 4.41. The molecule has 2 unspecified atom stereocenters. The number of nitrogens with zero attached hydrogens (tertiary/aromatic N) is 1. The molecule has 0 aromatic rings. The fourth-order valence-electron chi connectivity index (χ4n) is 1.71. The van der Waals surface area contributed by atoms with E-state index in [9.17, 15) is 4.79 Å². The third-order valence-electron chi connectivity index (χ3n) is 2.62. The molecule has 1 saturated heterocycles. The smallest absolute Gasteiger partial charge is 0.238 e. The number of nitrogens with two attached hydrogens (primary N) is 2. The molecule has 1 aliphatic rings. The molecule has 13 heavy (non-hydrogen) atoms. The molecule has 1 heterocycles. The third-order valence-corrected chi connectivity index (χ3v) is 2.62. The summed E-state index contributed by atoms with van der Waals surface area (Å²) in [7, 11) is 0. The van der Waals surface area contributed by atoms with E-state index in [1.807, 2.05) is 0 Å². The molecule has 4 nitrogen and oxygen atoms in total. The zero-order valence-electron chi connectivity index (χ0n) is 8.42. The zero-order valence-corrected chi connectivity index (χ0v) is 8.42. The highest BCUT2D eigenvalue weighted by Gasteiger charge is 2.30. The van der Waals surface area contributed by atoms with Crippen LogP contribution in [0.3, 0.4) is 0 Å². The van der Waals surface area contributed by atoms with Crippen LogP contribution in [0.25, 0.3) is 0 Å². The first-order chi connectivity index (χ1) is 5.92. The Hall–Kier alpha value is -0.610. The molecule has 4 heteroatoms. The molecule has 4 N–H and O–H groups in total. The summed E-state index contributed by atoms with van der Waals surface area (Å²) < 4.78 is 0. The van der Waals surface area contributed by atoms with Crippen LogP contribution in [0.5, 0.6) is 0 Å². The van der Waals surface area contributed by atoms with E-state index in [1.165, 1.54) is 6.42 Å². The maximum Gasteiger partial charge on any atom is 0.238 e. The molecule has 2 atom stereocenters. The van der Waals surface area contributed by atoms with Crippen molar-refractivity contribution in [2.45, 2.75) is 25.8 Å². The molecular weight excluding hydrogens is 166 g/mol. The van der Waals surface area contributed by atoms with Gasteiger partial charge >= 0.3 is 0 Å². The molecule has 1 fully saturated rings. The van der Waals surface area contributed by atoms with E-state index in [1.54, 1.807) is 6.92 Å². The van der Waals surface area contributed by atoms with Crippen molar-refractivity contribution in [3.8, 4) is 0 Å². The van der Waals surface area contributed by atoms with Crippen molar-refractivity contribution in [3.05, 3.63) is 0 Å². The van der Waals surface area contributed by atoms with Crippen molar-refractivity contribution in [2.24, 2.45) is 17.4 Å². The quantitative estimate of drug-likeness (QED) is 0.624. The molecule has 1 amide bonds. The van der Waals surface area contributed by atoms with Crippen LogP contribution < -0.4 is 11.5 Å². The van der Waals surface area contributed by atoms with Gasteiger partial charge in [-0.3, -0.25) is 4.79 Å². The predicted molar refractivity (Wildman–Crippen MR) is 52.0 cm³/mol. The van der Waals surface area contributed by atoms with E-state index in [0.717, 1.165) is 13.1 Å². The summed E-state index contributed by atoms with van der Waals surface area (Å²) >= 11 is 0. The van der Waals surface area contributed by atoms with Gasteiger partial charge in [0.1, 0.15) is 5.54 Å². The fourth-order valence-corrected chi connectivity index (χ4v) is 1.71. The molecule has 0 aliphatic carbocycles. The van der Waals surface area contributed by atoms with E-state index in [-0.39, 0.29) is 0 Å². The first-order valence-electron chi connectivity index (χ1n) is 4.73. The summed E-state index contributed by atoms with van der Waals surface area (Å²) in [5, 5.41) is 0. The number of carbonyl (C=O) groups is 1. The maximum atomic E-state index is 11.0. The van der Waals surface area contributed by atoms with Crippen LogP contribution in [-0.4, -0.2) is 36.0 Å². The second kappa shape index (κ2) is 3.64. The van der Waals surface area contributed by atoms with Crippen molar-refractivity contribution < 1.29 is 4.79 Å². The van der Waals surface area contributed by atoms with E-state index < -0.39 is 11.4 Å². The monoisotopic (exact) mass is 185 g/mol. The van der Waals surface area contributed by atoms with Crippen LogP contribution in [-0.2, 0) is 4.79 Å². The van der Waals surface area contributed by atoms with Gasteiger partial charge in [-0.15, -0.1) is 0 Å². The van der Waals surface area contributed by atoms with Crippen molar-refractivity contribution in [1.82, 2.24) is 4.90 Å². The first kappa shape index (κ1) is 10.5. The Morgan fingerprint density at radius 2 is 2.31 bits per heavy atom. The van der Waals surface area contributed by atoms with E-state index in [4.69, 9.17) is 11.5 Å². The van der Waals surface area contributed by atoms with E-state index in [2.05, 4.69) is 11.8 Å². The molecule has 0 radical (unpaired) electrons. The highest BCUT2D eigenvalue weighted by Crippen LogP contribution is 2.16. The summed E-state index contributed by atoms with van der Waals surface area (Å²) in [6, 6.07) is 0. The summed E-state index contributed by atoms with van der Waals surface area (Å²) in [4.78, 5) is 13.2. The molecule has 0 saturated carbocycles. The number of hydrogen-bond donors (Lipinski definition) is 2. The summed E-state index contributed by atoms with van der Waals surface area (Å²) in [6.45, 7) is 6.53. The van der Waals surface area contributed by atoms with Crippen LogP contribution in [0.4, 0.5) is 0 Å². The molecular formula is C9H19N3O. The van der Waals surface area contributed by atoms with Crippen molar-refractivity contribution in [1.29, 1.82) is 0 Å². The highest BCUT2D eigenvalue weighted by atomic mass is 16.1. The minimum atomic E-state index is -0.885. The minimum absolute atomic E-state index is 0.424. The average Bonchev–Trinajstić information content (AvgIpc) is 2.34. The lowest BCUT2D eigenvalue weighted by molar-refractivity contribution is -0.123. The Balaban J connectivity index is 2.44. The van der Waals surface area contributed by atoms with Gasteiger partial charge in [-0.25, -0.2) is 0 Å². The predicted octanol–water partition coefficient (Wildman–Crippen LogP) is -0.469. The van der Waals surface area contributed by atoms with Gasteiger partial charge in [-0.1, -0.05) is 6.92 Å². The highest BCUT2D eigenvalue weighted by molar-refractivity contribution is 5.84. The average molecular weight is 185 g/mol. The molecule has 76 valence electrons. The van der Waals surface area contributed by atoms with Crippen molar-refractivity contribution in [3.63, 3.8) is 0 Å². The van der Waals surface area contributed by atoms with Gasteiger partial charge in [0.25, 0.3) is 0 Å². The van der Waals surface area contributed by atoms with Gasteiger partial charge in [0, 0.05) is 13.1 Å². The second-order valence-electron chi connectivity index (χ2n) is 4.41. The van der Waals surface area contributed by atoms with E-state index >= 15 is 0 Å². The van der Waals surface area contributed by atoms with Gasteiger partial charge in [-0.2, -0.15) is 0 Å². The minimum Gasteiger partial charge on any atom is -0.368 e. The zero-order chi connectivity index (χ0) is 10.1. The molecule has 0 aromatic heterocycles. The van der Waals surface area contributed by atoms with E-state index in [0.29, 0.717) is 12.5 Å². The van der Waals surface area contributed by atoms with Crippen LogP contribution in [0, 0.1) is 5.92 Å². The normalized spacial score (nSPS) is 28.7. The summed E-state index contributed by atoms with van der Waals surface area (Å²) in [5.41, 5.74) is 10.1. The Labute approximate surface area is 79.3 Å². The van der Waals surface area contributed by atoms with Crippen LogP contribution >= 0.6 is 0 Å². The number of hydrogen-bond acceptors (Lipinski definition) is 3. The number of amides is 1. The van der Waals surface area contributed by atoms with Crippen LogP contribution in [0.15, 0.2) is 0 Å². The fraction of sp³-hybridized carbons (Fsp3) is 0.889. The lowest BCUT2D eigenvalue weighted by Crippen LogP contribution is -2.56. The first-order valence-corrected chi connectivity index (χ1v) is 4.73. The topological polar surface area (TPSA) is 72.3 Å². The Bertz CT molecular complexity index is 203. The molecule has 1 rings (SSSR count). The van der Waals surface area contributed by atoms with Crippen LogP contribution in [0.1, 0.15) is 20.3 Å². The molecule has 0 bridgehead atoms. The van der Waals surface area contributed by atoms with Crippen molar-refractivity contribution in [2.75, 3.05) is 19.6 Å². The Kier molecular flexibility index (Phi) is 2.93. The third kappa shape index (κ3) is 2.67. The lowest BCUT2D eigenvalue weighted by Gasteiger charge is -2.26. The van der Waals surface area contributed by atoms with Crippen molar-refractivity contribution >= 4 is 5.91 Å². The van der Waals surface area contributed by atoms with Gasteiger partial charge < -0.3 is 16.4 Å². The molecule has 1 aliphatic heterocycles. The molecule has 0 spiro atoms. The summed E-state index contributed by atoms with van der Waals surface area (Å²) in [5.74, 6) is 0.288. The van der Waals surface area contributed by atoms with Gasteiger partial charge in [0.2, 0.25) is 5.91 Å². The molecule has 0 aromatic carbocycles. The standard InChI is InChI=1S/C9H19N3O/c1-7-3-4-12(5-7)6-9(2,11)8(10)13/h7H,3-6,11H2,1-2H3,(H2,10,13). The van der Waals surface area contributed by atoms with Gasteiger partial charge in [0.05, 0.1) is 0 Å². The number of rotatable bonds is 3. The number of likely N-dealkylation sites (tertiary alicyclic amines) is 1. The Morgan fingerprint density at radius 1 is 1.69 bits per heavy atom. The lowest BCUT2D eigenvalue weighted by atomic mass is 10.0. The van der Waals surface area contributed by atoms with Gasteiger partial charge in [0.15, 0.2) is 0 Å². The summed E-state index contributed by atoms with van der Waals surface area (Å²) in [6.07, 6.45) is 1.19. The van der Waals surface area contributed by atoms with Crippen LogP contribution in [0.2, 0.25) is 0 Å².